The van der Waals surface area contributed by atoms with Gasteiger partial charge >= 0.3 is 5.97 Å². The SMILES string of the molecule is CCOC(=O)CCCOc1cc2c(cc1OC)CC(N)C2. The highest BCUT2D eigenvalue weighted by atomic mass is 16.5. The fraction of sp³-hybridized carbons (Fsp3) is 0.562. The van der Waals surface area contributed by atoms with Crippen LogP contribution in [0.3, 0.4) is 0 Å². The molecule has 0 heterocycles. The Balaban J connectivity index is 1.91. The van der Waals surface area contributed by atoms with E-state index in [2.05, 4.69) is 0 Å². The minimum Gasteiger partial charge on any atom is -0.493 e. The second kappa shape index (κ2) is 7.31. The van der Waals surface area contributed by atoms with E-state index in [1.165, 1.54) is 11.1 Å². The summed E-state index contributed by atoms with van der Waals surface area (Å²) in [5, 5.41) is 0. The third-order valence-corrected chi connectivity index (χ3v) is 3.54. The fourth-order valence-electron chi connectivity index (χ4n) is 2.57. The van der Waals surface area contributed by atoms with Gasteiger partial charge in [0.15, 0.2) is 11.5 Å². The third-order valence-electron chi connectivity index (χ3n) is 3.54. The number of rotatable bonds is 7. The quantitative estimate of drug-likeness (QED) is 0.613. The van der Waals surface area contributed by atoms with Gasteiger partial charge in [-0.2, -0.15) is 0 Å². The van der Waals surface area contributed by atoms with Gasteiger partial charge in [-0.05, 0) is 49.4 Å². The number of fused-ring (bicyclic) bond motifs is 1. The minimum absolute atomic E-state index is 0.184. The predicted molar refractivity (Wildman–Crippen MR) is 79.7 cm³/mol. The highest BCUT2D eigenvalue weighted by Crippen LogP contribution is 2.34. The van der Waals surface area contributed by atoms with Gasteiger partial charge in [-0.25, -0.2) is 0 Å². The molecule has 0 spiro atoms. The van der Waals surface area contributed by atoms with Crippen molar-refractivity contribution in [3.8, 4) is 11.5 Å². The Morgan fingerprint density at radius 1 is 1.29 bits per heavy atom. The van der Waals surface area contributed by atoms with Crippen molar-refractivity contribution < 1.29 is 19.0 Å². The lowest BCUT2D eigenvalue weighted by Gasteiger charge is -2.12. The van der Waals surface area contributed by atoms with Crippen LogP contribution < -0.4 is 15.2 Å². The molecule has 0 amide bonds. The molecule has 0 saturated carbocycles. The summed E-state index contributed by atoms with van der Waals surface area (Å²) in [6.07, 6.45) is 2.75. The van der Waals surface area contributed by atoms with Gasteiger partial charge in [0.25, 0.3) is 0 Å². The Hall–Kier alpha value is -1.75. The van der Waals surface area contributed by atoms with E-state index in [4.69, 9.17) is 19.9 Å². The second-order valence-corrected chi connectivity index (χ2v) is 5.20. The van der Waals surface area contributed by atoms with E-state index in [0.717, 1.165) is 18.6 Å². The number of hydrogen-bond acceptors (Lipinski definition) is 5. The second-order valence-electron chi connectivity index (χ2n) is 5.20. The fourth-order valence-corrected chi connectivity index (χ4v) is 2.57. The van der Waals surface area contributed by atoms with Crippen molar-refractivity contribution >= 4 is 5.97 Å². The lowest BCUT2D eigenvalue weighted by atomic mass is 10.1. The van der Waals surface area contributed by atoms with Gasteiger partial charge in [-0.1, -0.05) is 0 Å². The summed E-state index contributed by atoms with van der Waals surface area (Å²) in [6.45, 7) is 2.67. The molecule has 5 nitrogen and oxygen atoms in total. The molecule has 1 aromatic carbocycles. The molecular formula is C16H23NO4. The van der Waals surface area contributed by atoms with Gasteiger partial charge in [-0.15, -0.1) is 0 Å². The van der Waals surface area contributed by atoms with Gasteiger partial charge < -0.3 is 19.9 Å². The number of esters is 1. The van der Waals surface area contributed by atoms with Crippen molar-refractivity contribution in [3.63, 3.8) is 0 Å². The summed E-state index contributed by atoms with van der Waals surface area (Å²) in [6, 6.07) is 4.19. The van der Waals surface area contributed by atoms with E-state index >= 15 is 0 Å². The highest BCUT2D eigenvalue weighted by Gasteiger charge is 2.21. The molecule has 1 unspecified atom stereocenters. The zero-order valence-electron chi connectivity index (χ0n) is 12.7. The molecule has 0 bridgehead atoms. The number of carbonyl (C=O) groups is 1. The maximum absolute atomic E-state index is 11.3. The van der Waals surface area contributed by atoms with E-state index < -0.39 is 0 Å². The van der Waals surface area contributed by atoms with Crippen molar-refractivity contribution in [2.24, 2.45) is 5.73 Å². The number of ether oxygens (including phenoxy) is 3. The molecule has 0 fully saturated rings. The summed E-state index contributed by atoms with van der Waals surface area (Å²) in [5.41, 5.74) is 8.44. The van der Waals surface area contributed by atoms with Gasteiger partial charge in [0.05, 0.1) is 20.3 Å². The molecule has 1 atom stereocenters. The molecule has 0 saturated heterocycles. The lowest BCUT2D eigenvalue weighted by molar-refractivity contribution is -0.143. The Morgan fingerprint density at radius 3 is 2.57 bits per heavy atom. The molecule has 116 valence electrons. The highest BCUT2D eigenvalue weighted by molar-refractivity contribution is 5.69. The number of nitrogens with two attached hydrogens (primary N) is 1. The molecular weight excluding hydrogens is 270 g/mol. The Kier molecular flexibility index (Phi) is 5.44. The molecule has 1 aromatic rings. The predicted octanol–water partition coefficient (Wildman–Crippen LogP) is 1.84. The molecule has 1 aliphatic rings. The number of hydrogen-bond donors (Lipinski definition) is 1. The average Bonchev–Trinajstić information content (AvgIpc) is 2.81. The van der Waals surface area contributed by atoms with Crippen molar-refractivity contribution in [1.29, 1.82) is 0 Å². The van der Waals surface area contributed by atoms with Crippen LogP contribution >= 0.6 is 0 Å². The third kappa shape index (κ3) is 4.11. The van der Waals surface area contributed by atoms with Crippen LogP contribution in [0.15, 0.2) is 12.1 Å². The first-order valence-electron chi connectivity index (χ1n) is 7.37. The number of carbonyl (C=O) groups excluding carboxylic acids is 1. The number of methoxy groups -OCH3 is 1. The van der Waals surface area contributed by atoms with Gasteiger partial charge in [-0.3, -0.25) is 4.79 Å². The van der Waals surface area contributed by atoms with Crippen molar-refractivity contribution in [1.82, 2.24) is 0 Å². The first kappa shape index (κ1) is 15.6. The van der Waals surface area contributed by atoms with E-state index in [1.54, 1.807) is 14.0 Å². The van der Waals surface area contributed by atoms with Crippen LogP contribution in [0, 0.1) is 0 Å². The average molecular weight is 293 g/mol. The van der Waals surface area contributed by atoms with Crippen molar-refractivity contribution in [2.75, 3.05) is 20.3 Å². The van der Waals surface area contributed by atoms with Crippen LogP contribution in [0.25, 0.3) is 0 Å². The summed E-state index contributed by atoms with van der Waals surface area (Å²) >= 11 is 0. The van der Waals surface area contributed by atoms with Crippen LogP contribution in [0.4, 0.5) is 0 Å². The summed E-state index contributed by atoms with van der Waals surface area (Å²) < 4.78 is 16.0. The van der Waals surface area contributed by atoms with Crippen molar-refractivity contribution in [2.45, 2.75) is 38.6 Å². The molecule has 2 N–H and O–H groups in total. The van der Waals surface area contributed by atoms with Crippen LogP contribution in [0.2, 0.25) is 0 Å². The van der Waals surface area contributed by atoms with Gasteiger partial charge in [0.2, 0.25) is 0 Å². The molecule has 1 aliphatic carbocycles. The topological polar surface area (TPSA) is 70.8 Å². The van der Waals surface area contributed by atoms with Crippen LogP contribution in [-0.2, 0) is 22.4 Å². The largest absolute Gasteiger partial charge is 0.493 e. The smallest absolute Gasteiger partial charge is 0.305 e. The van der Waals surface area contributed by atoms with Gasteiger partial charge in [0.1, 0.15) is 0 Å². The normalized spacial score (nSPS) is 16.4. The summed E-state index contributed by atoms with van der Waals surface area (Å²) in [5.74, 6) is 1.25. The lowest BCUT2D eigenvalue weighted by Crippen LogP contribution is -2.18. The van der Waals surface area contributed by atoms with Crippen LogP contribution in [-0.4, -0.2) is 32.3 Å². The molecule has 2 rings (SSSR count). The monoisotopic (exact) mass is 293 g/mol. The molecule has 5 heteroatoms. The molecule has 0 aliphatic heterocycles. The van der Waals surface area contributed by atoms with Crippen LogP contribution in [0.5, 0.6) is 11.5 Å². The van der Waals surface area contributed by atoms with E-state index in [0.29, 0.717) is 31.8 Å². The molecule has 0 radical (unpaired) electrons. The van der Waals surface area contributed by atoms with E-state index in [9.17, 15) is 4.79 Å². The van der Waals surface area contributed by atoms with E-state index in [-0.39, 0.29) is 12.0 Å². The van der Waals surface area contributed by atoms with Gasteiger partial charge in [0, 0.05) is 12.5 Å². The first-order chi connectivity index (χ1) is 10.1. The standard InChI is InChI=1S/C16H23NO4/c1-3-20-16(18)5-4-6-21-15-10-12-8-13(17)7-11(12)9-14(15)19-2/h9-10,13H,3-8,17H2,1-2H3. The molecule has 21 heavy (non-hydrogen) atoms. The van der Waals surface area contributed by atoms with E-state index in [1.807, 2.05) is 12.1 Å². The Bertz CT molecular complexity index is 501. The Morgan fingerprint density at radius 2 is 1.95 bits per heavy atom. The first-order valence-corrected chi connectivity index (χ1v) is 7.37. The van der Waals surface area contributed by atoms with Crippen molar-refractivity contribution in [3.05, 3.63) is 23.3 Å². The zero-order chi connectivity index (χ0) is 15.2. The minimum atomic E-state index is -0.187. The maximum atomic E-state index is 11.3. The van der Waals surface area contributed by atoms with Crippen LogP contribution in [0.1, 0.15) is 30.9 Å². The Labute approximate surface area is 125 Å². The zero-order valence-corrected chi connectivity index (χ0v) is 12.7. The summed E-state index contributed by atoms with van der Waals surface area (Å²) in [7, 11) is 1.63. The molecule has 0 aromatic heterocycles. The maximum Gasteiger partial charge on any atom is 0.305 e. The number of benzene rings is 1. The summed E-state index contributed by atoms with van der Waals surface area (Å²) in [4.78, 5) is 11.3.